The van der Waals surface area contributed by atoms with Crippen LogP contribution in [0, 0.1) is 16.0 Å². The van der Waals surface area contributed by atoms with Crippen molar-refractivity contribution in [1.82, 2.24) is 4.98 Å². The fourth-order valence-electron chi connectivity index (χ4n) is 2.87. The zero-order valence-electron chi connectivity index (χ0n) is 12.3. The summed E-state index contributed by atoms with van der Waals surface area (Å²) >= 11 is 0. The number of pyridine rings is 1. The van der Waals surface area contributed by atoms with Crippen molar-refractivity contribution in [1.29, 1.82) is 0 Å². The van der Waals surface area contributed by atoms with Crippen molar-refractivity contribution in [2.24, 2.45) is 5.92 Å². The van der Waals surface area contributed by atoms with E-state index in [-0.39, 0.29) is 18.1 Å². The first kappa shape index (κ1) is 15.5. The van der Waals surface area contributed by atoms with Crippen molar-refractivity contribution in [2.75, 3.05) is 19.0 Å². The van der Waals surface area contributed by atoms with Crippen LogP contribution in [-0.2, 0) is 0 Å². The quantitative estimate of drug-likeness (QED) is 0.639. The van der Waals surface area contributed by atoms with Gasteiger partial charge in [0.05, 0.1) is 17.6 Å². The Labute approximate surface area is 123 Å². The lowest BCUT2D eigenvalue weighted by molar-refractivity contribution is -0.384. The van der Waals surface area contributed by atoms with Gasteiger partial charge in [0.1, 0.15) is 0 Å². The first-order valence-corrected chi connectivity index (χ1v) is 7.09. The number of nitrogens with one attached hydrogen (secondary N) is 1. The third-order valence-corrected chi connectivity index (χ3v) is 3.91. The van der Waals surface area contributed by atoms with E-state index in [1.54, 1.807) is 0 Å². The van der Waals surface area contributed by atoms with E-state index >= 15 is 0 Å². The van der Waals surface area contributed by atoms with Crippen molar-refractivity contribution in [3.05, 3.63) is 22.2 Å². The predicted octanol–water partition coefficient (Wildman–Crippen LogP) is 2.35. The molecule has 1 aromatic rings. The van der Waals surface area contributed by atoms with Crippen LogP contribution in [0.3, 0.4) is 0 Å². The van der Waals surface area contributed by atoms with Crippen molar-refractivity contribution in [3.63, 3.8) is 0 Å². The Morgan fingerprint density at radius 1 is 1.62 bits per heavy atom. The lowest BCUT2D eigenvalue weighted by Gasteiger charge is -2.35. The summed E-state index contributed by atoms with van der Waals surface area (Å²) in [5, 5.41) is 24.5. The zero-order chi connectivity index (χ0) is 15.5. The summed E-state index contributed by atoms with van der Waals surface area (Å²) in [5.41, 5.74) is -0.959. The summed E-state index contributed by atoms with van der Waals surface area (Å²) in [4.78, 5) is 14.6. The molecule has 116 valence electrons. The summed E-state index contributed by atoms with van der Waals surface area (Å²) in [6.07, 6.45) is 3.46. The van der Waals surface area contributed by atoms with E-state index in [1.807, 2.05) is 0 Å². The molecule has 21 heavy (non-hydrogen) atoms. The molecule has 1 fully saturated rings. The smallest absolute Gasteiger partial charge is 0.311 e. The van der Waals surface area contributed by atoms with Crippen LogP contribution in [0.4, 0.5) is 11.5 Å². The van der Waals surface area contributed by atoms with Gasteiger partial charge in [0.25, 0.3) is 0 Å². The fraction of sp³-hybridized carbons (Fsp3) is 0.643. The van der Waals surface area contributed by atoms with Gasteiger partial charge in [-0.05, 0) is 18.8 Å². The highest BCUT2D eigenvalue weighted by Crippen LogP contribution is 2.33. The molecule has 1 heterocycles. The van der Waals surface area contributed by atoms with Gasteiger partial charge < -0.3 is 15.2 Å². The summed E-state index contributed by atoms with van der Waals surface area (Å²) < 4.78 is 4.99. The van der Waals surface area contributed by atoms with Crippen LogP contribution in [0.1, 0.15) is 32.6 Å². The number of rotatable bonds is 5. The number of anilines is 1. The summed E-state index contributed by atoms with van der Waals surface area (Å²) in [6, 6.07) is 2.79. The van der Waals surface area contributed by atoms with Gasteiger partial charge in [-0.15, -0.1) is 0 Å². The molecular weight excluding hydrogens is 274 g/mol. The molecule has 2 N–H and O–H groups in total. The summed E-state index contributed by atoms with van der Waals surface area (Å²) in [7, 11) is 1.45. The fourth-order valence-corrected chi connectivity index (χ4v) is 2.87. The molecule has 0 aliphatic heterocycles. The minimum atomic E-state index is -0.837. The van der Waals surface area contributed by atoms with Gasteiger partial charge in [0.2, 0.25) is 11.7 Å². The molecule has 1 aliphatic rings. The van der Waals surface area contributed by atoms with Gasteiger partial charge >= 0.3 is 5.69 Å². The van der Waals surface area contributed by atoms with Crippen molar-refractivity contribution >= 4 is 11.5 Å². The maximum Gasteiger partial charge on any atom is 0.311 e. The van der Waals surface area contributed by atoms with Crippen LogP contribution in [0.25, 0.3) is 0 Å². The summed E-state index contributed by atoms with van der Waals surface area (Å²) in [5.74, 6) is 0.886. The monoisotopic (exact) mass is 295 g/mol. The highest BCUT2D eigenvalue weighted by Gasteiger charge is 2.33. The van der Waals surface area contributed by atoms with Gasteiger partial charge in [-0.3, -0.25) is 10.1 Å². The highest BCUT2D eigenvalue weighted by molar-refractivity contribution is 5.57. The maximum absolute atomic E-state index is 11.0. The van der Waals surface area contributed by atoms with Crippen LogP contribution in [0.2, 0.25) is 0 Å². The number of aliphatic hydroxyl groups is 1. The van der Waals surface area contributed by atoms with Crippen LogP contribution >= 0.6 is 0 Å². The molecule has 2 atom stereocenters. The molecular formula is C14H21N3O4. The molecule has 2 rings (SSSR count). The average Bonchev–Trinajstić information content (AvgIpc) is 2.44. The lowest BCUT2D eigenvalue weighted by Crippen LogP contribution is -2.41. The largest absolute Gasteiger partial charge is 0.481 e. The number of ether oxygens (including phenoxy) is 1. The number of nitrogens with zero attached hydrogens (tertiary/aromatic N) is 2. The SMILES string of the molecule is COc1ccc([N+](=O)[O-])c(NCC2(O)CCCC(C)C2)n1. The second-order valence-corrected chi connectivity index (χ2v) is 5.76. The predicted molar refractivity (Wildman–Crippen MR) is 78.5 cm³/mol. The minimum absolute atomic E-state index is 0.122. The molecule has 0 radical (unpaired) electrons. The molecule has 0 saturated heterocycles. The van der Waals surface area contributed by atoms with Crippen molar-refractivity contribution in [3.8, 4) is 5.88 Å². The second kappa shape index (κ2) is 6.26. The van der Waals surface area contributed by atoms with Crippen molar-refractivity contribution < 1.29 is 14.8 Å². The van der Waals surface area contributed by atoms with Crippen LogP contribution in [0.15, 0.2) is 12.1 Å². The van der Waals surface area contributed by atoms with Crippen molar-refractivity contribution in [2.45, 2.75) is 38.2 Å². The minimum Gasteiger partial charge on any atom is -0.481 e. The topological polar surface area (TPSA) is 97.5 Å². The average molecular weight is 295 g/mol. The van der Waals surface area contributed by atoms with E-state index in [9.17, 15) is 15.2 Å². The molecule has 1 aliphatic carbocycles. The molecule has 2 unspecified atom stereocenters. The zero-order valence-corrected chi connectivity index (χ0v) is 12.3. The van der Waals surface area contributed by atoms with E-state index in [0.29, 0.717) is 24.6 Å². The van der Waals surface area contributed by atoms with E-state index in [4.69, 9.17) is 4.74 Å². The maximum atomic E-state index is 11.0. The Morgan fingerprint density at radius 2 is 2.38 bits per heavy atom. The lowest BCUT2D eigenvalue weighted by atomic mass is 9.79. The number of hydrogen-bond donors (Lipinski definition) is 2. The number of methoxy groups -OCH3 is 1. The number of hydrogen-bond acceptors (Lipinski definition) is 6. The second-order valence-electron chi connectivity index (χ2n) is 5.76. The molecule has 0 bridgehead atoms. The first-order valence-electron chi connectivity index (χ1n) is 7.09. The summed E-state index contributed by atoms with van der Waals surface area (Å²) in [6.45, 7) is 2.36. The number of aromatic nitrogens is 1. The third-order valence-electron chi connectivity index (χ3n) is 3.91. The van der Waals surface area contributed by atoms with Crippen LogP contribution < -0.4 is 10.1 Å². The molecule has 0 spiro atoms. The molecule has 1 saturated carbocycles. The Hall–Kier alpha value is -1.89. The molecule has 7 heteroatoms. The van der Waals surface area contributed by atoms with E-state index in [0.717, 1.165) is 12.8 Å². The third kappa shape index (κ3) is 3.81. The first-order chi connectivity index (χ1) is 9.93. The highest BCUT2D eigenvalue weighted by atomic mass is 16.6. The van der Waals surface area contributed by atoms with E-state index in [1.165, 1.54) is 19.2 Å². The standard InChI is InChI=1S/C14H21N3O4/c1-10-4-3-7-14(18,8-10)9-15-13-11(17(19)20)5-6-12(16-13)21-2/h5-6,10,18H,3-4,7-9H2,1-2H3,(H,15,16). The van der Waals surface area contributed by atoms with Gasteiger partial charge in [-0.25, -0.2) is 0 Å². The molecule has 0 aromatic carbocycles. The Morgan fingerprint density at radius 3 is 3.00 bits per heavy atom. The van der Waals surface area contributed by atoms with Gasteiger partial charge in [-0.1, -0.05) is 19.8 Å². The number of nitro groups is 1. The van der Waals surface area contributed by atoms with Crippen LogP contribution in [0.5, 0.6) is 5.88 Å². The van der Waals surface area contributed by atoms with Gasteiger partial charge in [0, 0.05) is 18.7 Å². The molecule has 7 nitrogen and oxygen atoms in total. The van der Waals surface area contributed by atoms with Gasteiger partial charge in [-0.2, -0.15) is 4.98 Å². The Bertz CT molecular complexity index is 523. The normalized spacial score (nSPS) is 25.4. The Kier molecular flexibility index (Phi) is 4.62. The Balaban J connectivity index is 2.13. The van der Waals surface area contributed by atoms with E-state index < -0.39 is 10.5 Å². The van der Waals surface area contributed by atoms with Crippen LogP contribution in [-0.4, -0.2) is 34.3 Å². The van der Waals surface area contributed by atoms with E-state index in [2.05, 4.69) is 17.2 Å². The molecule has 1 aromatic heterocycles. The van der Waals surface area contributed by atoms with Gasteiger partial charge in [0.15, 0.2) is 0 Å². The molecule has 0 amide bonds.